The normalized spacial score (nSPS) is 14.8. The summed E-state index contributed by atoms with van der Waals surface area (Å²) in [5.41, 5.74) is 3.91. The summed E-state index contributed by atoms with van der Waals surface area (Å²) in [6.07, 6.45) is 2.96. The average molecular weight is 543 g/mol. The Morgan fingerprint density at radius 1 is 0.903 bits per heavy atom. The van der Waals surface area contributed by atoms with E-state index in [1.807, 2.05) is 41.3 Å². The Balaban J connectivity index is 1.37. The molecular formula is C23H21Br2N5O. The molecule has 5 rings (SSSR count). The van der Waals surface area contributed by atoms with Gasteiger partial charge in [0.15, 0.2) is 5.82 Å². The Morgan fingerprint density at radius 3 is 2.55 bits per heavy atom. The molecule has 1 aliphatic heterocycles. The number of amides is 2. The quantitative estimate of drug-likeness (QED) is 0.350. The Kier molecular flexibility index (Phi) is 5.58. The third-order valence-corrected chi connectivity index (χ3v) is 6.60. The summed E-state index contributed by atoms with van der Waals surface area (Å²) in [4.78, 5) is 22.0. The highest BCUT2D eigenvalue weighted by atomic mass is 79.9. The Bertz CT molecular complexity index is 1250. The fourth-order valence-electron chi connectivity index (χ4n) is 4.04. The van der Waals surface area contributed by atoms with Crippen LogP contribution in [-0.2, 0) is 0 Å². The monoisotopic (exact) mass is 541 g/mol. The number of nitrogens with one attached hydrogen (secondary N) is 1. The first-order chi connectivity index (χ1) is 15.1. The van der Waals surface area contributed by atoms with Gasteiger partial charge in [0.1, 0.15) is 0 Å². The van der Waals surface area contributed by atoms with Crippen molar-refractivity contribution < 1.29 is 4.79 Å². The molecule has 1 saturated heterocycles. The van der Waals surface area contributed by atoms with Crippen molar-refractivity contribution >= 4 is 65.9 Å². The Labute approximate surface area is 197 Å². The first-order valence-electron chi connectivity index (χ1n) is 10.2. The van der Waals surface area contributed by atoms with Crippen molar-refractivity contribution in [3.05, 3.63) is 69.7 Å². The van der Waals surface area contributed by atoms with E-state index >= 15 is 0 Å². The zero-order valence-corrected chi connectivity index (χ0v) is 19.9. The third kappa shape index (κ3) is 4.14. The van der Waals surface area contributed by atoms with Crippen molar-refractivity contribution in [2.45, 2.75) is 6.42 Å². The number of urea groups is 1. The number of halogens is 2. The van der Waals surface area contributed by atoms with E-state index in [-0.39, 0.29) is 6.03 Å². The lowest BCUT2D eigenvalue weighted by molar-refractivity contribution is 0.215. The van der Waals surface area contributed by atoms with Gasteiger partial charge in [-0.05, 0) is 61.0 Å². The van der Waals surface area contributed by atoms with E-state index < -0.39 is 0 Å². The molecule has 1 N–H and O–H groups in total. The zero-order chi connectivity index (χ0) is 21.4. The lowest BCUT2D eigenvalue weighted by Crippen LogP contribution is -2.38. The van der Waals surface area contributed by atoms with Crippen LogP contribution in [-0.4, -0.2) is 46.5 Å². The summed E-state index contributed by atoms with van der Waals surface area (Å²) in [6.45, 7) is 2.96. The molecule has 1 aliphatic rings. The molecule has 158 valence electrons. The van der Waals surface area contributed by atoms with Gasteiger partial charge in [0.2, 0.25) is 0 Å². The maximum Gasteiger partial charge on any atom is 0.321 e. The molecule has 2 amide bonds. The van der Waals surface area contributed by atoms with E-state index in [0.717, 1.165) is 63.1 Å². The summed E-state index contributed by atoms with van der Waals surface area (Å²) < 4.78 is 4.19. The second kappa shape index (κ2) is 8.51. The molecule has 4 aromatic rings. The minimum Gasteiger partial charge on any atom is -0.353 e. The second-order valence-electron chi connectivity index (χ2n) is 7.60. The molecule has 0 radical (unpaired) electrons. The number of benzene rings is 2. The van der Waals surface area contributed by atoms with Crippen LogP contribution in [0.3, 0.4) is 0 Å². The topological polar surface area (TPSA) is 52.9 Å². The van der Waals surface area contributed by atoms with Crippen molar-refractivity contribution in [3.8, 4) is 0 Å². The maximum atomic E-state index is 12.8. The number of anilines is 2. The van der Waals surface area contributed by atoms with Gasteiger partial charge in [0.25, 0.3) is 0 Å². The van der Waals surface area contributed by atoms with Gasteiger partial charge in [0, 0.05) is 47.0 Å². The number of rotatable bonds is 2. The summed E-state index contributed by atoms with van der Waals surface area (Å²) >= 11 is 6.98. The number of hydrogen-bond donors (Lipinski definition) is 1. The summed E-state index contributed by atoms with van der Waals surface area (Å²) in [6, 6.07) is 17.9. The predicted octanol–water partition coefficient (Wildman–Crippen LogP) is 5.76. The first-order valence-corrected chi connectivity index (χ1v) is 11.8. The van der Waals surface area contributed by atoms with Crippen LogP contribution in [0.1, 0.15) is 6.42 Å². The SMILES string of the molecule is O=C(Nc1ccc(Br)cc1)N1CCCN(c2nc3cc(Br)ccc3n3cccc23)CC1. The smallest absolute Gasteiger partial charge is 0.321 e. The highest BCUT2D eigenvalue weighted by Crippen LogP contribution is 2.28. The molecular weight excluding hydrogens is 522 g/mol. The van der Waals surface area contributed by atoms with E-state index in [4.69, 9.17) is 4.98 Å². The number of hydrogen-bond acceptors (Lipinski definition) is 3. The van der Waals surface area contributed by atoms with Gasteiger partial charge in [-0.1, -0.05) is 31.9 Å². The van der Waals surface area contributed by atoms with Gasteiger partial charge < -0.3 is 19.5 Å². The van der Waals surface area contributed by atoms with E-state index in [9.17, 15) is 4.79 Å². The number of carbonyl (C=O) groups is 1. The van der Waals surface area contributed by atoms with Gasteiger partial charge in [-0.2, -0.15) is 0 Å². The van der Waals surface area contributed by atoms with Crippen molar-refractivity contribution in [3.63, 3.8) is 0 Å². The third-order valence-electron chi connectivity index (χ3n) is 5.58. The van der Waals surface area contributed by atoms with Gasteiger partial charge in [-0.25, -0.2) is 9.78 Å². The summed E-state index contributed by atoms with van der Waals surface area (Å²) in [5, 5.41) is 3.00. The van der Waals surface area contributed by atoms with Crippen molar-refractivity contribution in [1.29, 1.82) is 0 Å². The Morgan fingerprint density at radius 2 is 1.71 bits per heavy atom. The minimum absolute atomic E-state index is 0.0626. The molecule has 0 atom stereocenters. The van der Waals surface area contributed by atoms with Crippen LogP contribution in [0.2, 0.25) is 0 Å². The predicted molar refractivity (Wildman–Crippen MR) is 132 cm³/mol. The number of carbonyl (C=O) groups excluding carboxylic acids is 1. The number of aromatic nitrogens is 2. The maximum absolute atomic E-state index is 12.8. The van der Waals surface area contributed by atoms with E-state index in [0.29, 0.717) is 6.54 Å². The van der Waals surface area contributed by atoms with Crippen LogP contribution in [0.5, 0.6) is 0 Å². The van der Waals surface area contributed by atoms with E-state index in [2.05, 4.69) is 70.9 Å². The molecule has 1 fully saturated rings. The highest BCUT2D eigenvalue weighted by molar-refractivity contribution is 9.10. The number of nitrogens with zero attached hydrogens (tertiary/aromatic N) is 4. The second-order valence-corrected chi connectivity index (χ2v) is 9.43. The number of fused-ring (bicyclic) bond motifs is 3. The van der Waals surface area contributed by atoms with Crippen molar-refractivity contribution in [2.24, 2.45) is 0 Å². The standard InChI is InChI=1S/C23H21Br2N5O/c24-16-4-7-18(8-5-16)26-23(31)29-11-2-10-28(13-14-29)22-21-3-1-12-30(21)20-9-6-17(25)15-19(20)27-22/h1,3-9,12,15H,2,10-11,13-14H2,(H,26,31). The highest BCUT2D eigenvalue weighted by Gasteiger charge is 2.22. The molecule has 0 saturated carbocycles. The molecule has 8 heteroatoms. The average Bonchev–Trinajstić information content (AvgIpc) is 3.12. The molecule has 2 aromatic heterocycles. The molecule has 0 aliphatic carbocycles. The van der Waals surface area contributed by atoms with Crippen LogP contribution in [0.25, 0.3) is 16.6 Å². The van der Waals surface area contributed by atoms with E-state index in [1.54, 1.807) is 0 Å². The molecule has 3 heterocycles. The van der Waals surface area contributed by atoms with Gasteiger partial charge in [0.05, 0.1) is 16.6 Å². The minimum atomic E-state index is -0.0626. The van der Waals surface area contributed by atoms with Crippen LogP contribution in [0, 0.1) is 0 Å². The van der Waals surface area contributed by atoms with Gasteiger partial charge in [-0.15, -0.1) is 0 Å². The molecule has 31 heavy (non-hydrogen) atoms. The lowest BCUT2D eigenvalue weighted by Gasteiger charge is -2.24. The van der Waals surface area contributed by atoms with E-state index in [1.165, 1.54) is 0 Å². The molecule has 2 aromatic carbocycles. The van der Waals surface area contributed by atoms with Gasteiger partial charge in [-0.3, -0.25) is 0 Å². The van der Waals surface area contributed by atoms with Crippen molar-refractivity contribution in [2.75, 3.05) is 36.4 Å². The molecule has 0 unspecified atom stereocenters. The largest absolute Gasteiger partial charge is 0.353 e. The fraction of sp³-hybridized carbons (Fsp3) is 0.217. The van der Waals surface area contributed by atoms with Crippen LogP contribution < -0.4 is 10.2 Å². The first kappa shape index (κ1) is 20.3. The van der Waals surface area contributed by atoms with Crippen LogP contribution in [0.15, 0.2) is 69.7 Å². The van der Waals surface area contributed by atoms with Crippen molar-refractivity contribution in [1.82, 2.24) is 14.3 Å². The summed E-state index contributed by atoms with van der Waals surface area (Å²) in [7, 11) is 0. The van der Waals surface area contributed by atoms with Gasteiger partial charge >= 0.3 is 6.03 Å². The molecule has 0 bridgehead atoms. The van der Waals surface area contributed by atoms with Crippen LogP contribution in [0.4, 0.5) is 16.3 Å². The zero-order valence-electron chi connectivity index (χ0n) is 16.8. The van der Waals surface area contributed by atoms with Crippen LogP contribution >= 0.6 is 31.9 Å². The molecule has 6 nitrogen and oxygen atoms in total. The lowest BCUT2D eigenvalue weighted by atomic mass is 10.3. The Hall–Kier alpha value is -2.58. The fourth-order valence-corrected chi connectivity index (χ4v) is 4.65. The molecule has 0 spiro atoms. The summed E-state index contributed by atoms with van der Waals surface area (Å²) in [5.74, 6) is 0.964.